The zero-order chi connectivity index (χ0) is 16.2. The highest BCUT2D eigenvalue weighted by Gasteiger charge is 2.25. The molecule has 0 aliphatic heterocycles. The molecule has 7 heteroatoms. The van der Waals surface area contributed by atoms with Crippen molar-refractivity contribution in [1.29, 1.82) is 0 Å². The fraction of sp³-hybridized carbons (Fsp3) is 0.571. The summed E-state index contributed by atoms with van der Waals surface area (Å²) in [4.78, 5) is 33.1. The maximum Gasteiger partial charge on any atom is 0.305 e. The van der Waals surface area contributed by atoms with Gasteiger partial charge in [0.15, 0.2) is 5.69 Å². The molecule has 0 radical (unpaired) electrons. The van der Waals surface area contributed by atoms with E-state index in [1.807, 2.05) is 13.8 Å². The van der Waals surface area contributed by atoms with Crippen LogP contribution in [0.1, 0.15) is 56.3 Å². The fourth-order valence-corrected chi connectivity index (χ4v) is 2.14. The van der Waals surface area contributed by atoms with Crippen LogP contribution >= 0.6 is 11.6 Å². The lowest BCUT2D eigenvalue weighted by atomic mass is 10.1. The molecule has 1 heterocycles. The normalized spacial score (nSPS) is 12.3. The zero-order valence-electron chi connectivity index (χ0n) is 12.6. The number of halogens is 1. The third kappa shape index (κ3) is 4.39. The topological polar surface area (TPSA) is 83.4 Å². The van der Waals surface area contributed by atoms with Gasteiger partial charge < -0.3 is 10.0 Å². The van der Waals surface area contributed by atoms with Crippen molar-refractivity contribution in [2.24, 2.45) is 0 Å². The van der Waals surface area contributed by atoms with E-state index >= 15 is 0 Å². The van der Waals surface area contributed by atoms with E-state index in [1.165, 1.54) is 11.1 Å². The lowest BCUT2D eigenvalue weighted by molar-refractivity contribution is -0.138. The third-order valence-electron chi connectivity index (χ3n) is 3.09. The highest BCUT2D eigenvalue weighted by atomic mass is 35.5. The molecular weight excluding hydrogens is 294 g/mol. The Bertz CT molecular complexity index is 534. The second-order valence-corrected chi connectivity index (χ2v) is 5.52. The van der Waals surface area contributed by atoms with Crippen LogP contribution < -0.4 is 0 Å². The molecule has 0 aliphatic carbocycles. The number of carbonyl (C=O) groups is 2. The molecule has 1 rings (SSSR count). The number of rotatable bonds is 6. The van der Waals surface area contributed by atoms with Gasteiger partial charge in [-0.3, -0.25) is 9.59 Å². The van der Waals surface area contributed by atoms with E-state index in [4.69, 9.17) is 16.7 Å². The summed E-state index contributed by atoms with van der Waals surface area (Å²) in [6, 6.07) is -0.437. The van der Waals surface area contributed by atoms with Crippen LogP contribution in [0.25, 0.3) is 0 Å². The van der Waals surface area contributed by atoms with Gasteiger partial charge in [0.1, 0.15) is 5.82 Å². The van der Waals surface area contributed by atoms with Crippen molar-refractivity contribution in [3.63, 3.8) is 0 Å². The molecule has 0 aliphatic rings. The first-order valence-electron chi connectivity index (χ1n) is 6.83. The van der Waals surface area contributed by atoms with Crippen molar-refractivity contribution in [2.45, 2.75) is 46.1 Å². The number of aromatic nitrogens is 2. The maximum atomic E-state index is 12.6. The van der Waals surface area contributed by atoms with E-state index in [-0.39, 0.29) is 29.0 Å². The Morgan fingerprint density at radius 2 is 2.00 bits per heavy atom. The molecule has 0 spiro atoms. The van der Waals surface area contributed by atoms with Crippen LogP contribution in [-0.4, -0.2) is 44.4 Å². The lowest BCUT2D eigenvalue weighted by Gasteiger charge is -2.27. The van der Waals surface area contributed by atoms with E-state index in [2.05, 4.69) is 9.97 Å². The number of hydrogen-bond acceptors (Lipinski definition) is 4. The monoisotopic (exact) mass is 313 g/mol. The molecule has 0 fully saturated rings. The standard InChI is InChI=1S/C14H20ClN3O3/c1-5-18(9(4)6-11(19)20)14(21)12-10(15)7-16-13(17-12)8(2)3/h7-9H,5-6H2,1-4H3,(H,19,20). The van der Waals surface area contributed by atoms with Gasteiger partial charge in [-0.2, -0.15) is 0 Å². The second kappa shape index (κ2) is 7.36. The summed E-state index contributed by atoms with van der Waals surface area (Å²) in [6.07, 6.45) is 1.28. The smallest absolute Gasteiger partial charge is 0.305 e. The molecule has 1 aromatic rings. The van der Waals surface area contributed by atoms with Crippen LogP contribution in [0.2, 0.25) is 5.02 Å². The van der Waals surface area contributed by atoms with Gasteiger partial charge in [-0.05, 0) is 13.8 Å². The summed E-state index contributed by atoms with van der Waals surface area (Å²) in [5, 5.41) is 9.03. The van der Waals surface area contributed by atoms with Gasteiger partial charge in [-0.1, -0.05) is 25.4 Å². The van der Waals surface area contributed by atoms with Crippen molar-refractivity contribution in [3.05, 3.63) is 22.7 Å². The summed E-state index contributed by atoms with van der Waals surface area (Å²) >= 11 is 6.02. The van der Waals surface area contributed by atoms with E-state index < -0.39 is 12.0 Å². The van der Waals surface area contributed by atoms with Crippen LogP contribution in [0.5, 0.6) is 0 Å². The molecule has 1 amide bonds. The SMILES string of the molecule is CCN(C(=O)c1nc(C(C)C)ncc1Cl)C(C)CC(=O)O. The summed E-state index contributed by atoms with van der Waals surface area (Å²) in [5.41, 5.74) is 0.120. The maximum absolute atomic E-state index is 12.6. The molecule has 1 unspecified atom stereocenters. The van der Waals surface area contributed by atoms with Gasteiger partial charge in [0.05, 0.1) is 17.6 Å². The van der Waals surface area contributed by atoms with E-state index in [0.717, 1.165) is 0 Å². The second-order valence-electron chi connectivity index (χ2n) is 5.12. The minimum Gasteiger partial charge on any atom is -0.481 e. The minimum absolute atomic E-state index is 0.0698. The predicted molar refractivity (Wildman–Crippen MR) is 79.6 cm³/mol. The van der Waals surface area contributed by atoms with Gasteiger partial charge in [0.25, 0.3) is 5.91 Å². The molecule has 1 atom stereocenters. The van der Waals surface area contributed by atoms with Gasteiger partial charge in [-0.25, -0.2) is 9.97 Å². The molecule has 116 valence electrons. The average Bonchev–Trinajstić information content (AvgIpc) is 2.38. The van der Waals surface area contributed by atoms with Crippen LogP contribution in [0.15, 0.2) is 6.20 Å². The Kier molecular flexibility index (Phi) is 6.08. The summed E-state index contributed by atoms with van der Waals surface area (Å²) in [7, 11) is 0. The first-order valence-corrected chi connectivity index (χ1v) is 7.20. The van der Waals surface area contributed by atoms with Crippen molar-refractivity contribution in [3.8, 4) is 0 Å². The first-order chi connectivity index (χ1) is 9.77. The Labute approximate surface area is 129 Å². The molecular formula is C14H20ClN3O3. The van der Waals surface area contributed by atoms with E-state index in [0.29, 0.717) is 12.4 Å². The van der Waals surface area contributed by atoms with Gasteiger partial charge >= 0.3 is 5.97 Å². The number of aliphatic carboxylic acids is 1. The largest absolute Gasteiger partial charge is 0.481 e. The van der Waals surface area contributed by atoms with Gasteiger partial charge in [-0.15, -0.1) is 0 Å². The number of carboxylic acids is 1. The highest BCUT2D eigenvalue weighted by Crippen LogP contribution is 2.19. The minimum atomic E-state index is -0.953. The van der Waals surface area contributed by atoms with Crippen molar-refractivity contribution >= 4 is 23.5 Å². The molecule has 6 nitrogen and oxygen atoms in total. The molecule has 0 saturated carbocycles. The highest BCUT2D eigenvalue weighted by molar-refractivity contribution is 6.33. The number of amides is 1. The molecule has 0 bridgehead atoms. The zero-order valence-corrected chi connectivity index (χ0v) is 13.4. The molecule has 1 N–H and O–H groups in total. The Hall–Kier alpha value is -1.69. The summed E-state index contributed by atoms with van der Waals surface area (Å²) in [6.45, 7) is 7.69. The number of carbonyl (C=O) groups excluding carboxylic acids is 1. The van der Waals surface area contributed by atoms with Crippen molar-refractivity contribution < 1.29 is 14.7 Å². The third-order valence-corrected chi connectivity index (χ3v) is 3.36. The predicted octanol–water partition coefficient (Wildman–Crippen LogP) is 2.58. The molecule has 0 aromatic carbocycles. The molecule has 21 heavy (non-hydrogen) atoms. The van der Waals surface area contributed by atoms with E-state index in [9.17, 15) is 9.59 Å². The van der Waals surface area contributed by atoms with Crippen molar-refractivity contribution in [2.75, 3.05) is 6.54 Å². The first kappa shape index (κ1) is 17.4. The van der Waals surface area contributed by atoms with Crippen LogP contribution in [0.3, 0.4) is 0 Å². The Morgan fingerprint density at radius 1 is 1.38 bits per heavy atom. The summed E-state index contributed by atoms with van der Waals surface area (Å²) < 4.78 is 0. The van der Waals surface area contributed by atoms with Crippen LogP contribution in [0, 0.1) is 0 Å². The molecule has 0 saturated heterocycles. The Balaban J connectivity index is 3.10. The van der Waals surface area contributed by atoms with Crippen LogP contribution in [-0.2, 0) is 4.79 Å². The fourth-order valence-electron chi connectivity index (χ4n) is 1.96. The number of hydrogen-bond donors (Lipinski definition) is 1. The Morgan fingerprint density at radius 3 is 2.48 bits per heavy atom. The van der Waals surface area contributed by atoms with Crippen LogP contribution in [0.4, 0.5) is 0 Å². The van der Waals surface area contributed by atoms with Crippen molar-refractivity contribution in [1.82, 2.24) is 14.9 Å². The van der Waals surface area contributed by atoms with Gasteiger partial charge in [0, 0.05) is 18.5 Å². The quantitative estimate of drug-likeness (QED) is 0.872. The van der Waals surface area contributed by atoms with E-state index in [1.54, 1.807) is 13.8 Å². The van der Waals surface area contributed by atoms with Gasteiger partial charge in [0.2, 0.25) is 0 Å². The average molecular weight is 314 g/mol. The summed E-state index contributed by atoms with van der Waals surface area (Å²) in [5.74, 6) is -0.726. The lowest BCUT2D eigenvalue weighted by Crippen LogP contribution is -2.40. The number of nitrogens with zero attached hydrogens (tertiary/aromatic N) is 3. The molecule has 1 aromatic heterocycles. The number of carboxylic acid groups (broad SMARTS) is 1.